The van der Waals surface area contributed by atoms with Crippen LogP contribution in [-0.2, 0) is 14.4 Å². The summed E-state index contributed by atoms with van der Waals surface area (Å²) in [5.74, 6) is -4.08. The van der Waals surface area contributed by atoms with Gasteiger partial charge in [-0.3, -0.25) is 9.59 Å². The molecule has 0 saturated carbocycles. The molecule has 0 radical (unpaired) electrons. The number of carbonyl (C=O) groups is 3. The summed E-state index contributed by atoms with van der Waals surface area (Å²) < 4.78 is 0. The lowest BCUT2D eigenvalue weighted by Gasteiger charge is -2.21. The van der Waals surface area contributed by atoms with Gasteiger partial charge < -0.3 is 15.3 Å². The standard InChI is InChI=1S/C9H14O6/c1-5(2)6(10)3-9(15,8(13)14)4-7(11)12/h5,15H,3-4H2,1-2H3,(H,11,12)(H,13,14). The van der Waals surface area contributed by atoms with E-state index in [1.54, 1.807) is 13.8 Å². The first-order valence-electron chi connectivity index (χ1n) is 4.39. The second kappa shape index (κ2) is 4.88. The zero-order chi connectivity index (χ0) is 12.2. The molecule has 1 unspecified atom stereocenters. The van der Waals surface area contributed by atoms with Gasteiger partial charge >= 0.3 is 11.9 Å². The van der Waals surface area contributed by atoms with Crippen LogP contribution in [0.15, 0.2) is 0 Å². The van der Waals surface area contributed by atoms with Crippen LogP contribution in [-0.4, -0.2) is 38.6 Å². The van der Waals surface area contributed by atoms with E-state index in [1.807, 2.05) is 0 Å². The number of aliphatic carboxylic acids is 2. The molecule has 0 heterocycles. The number of hydrogen-bond acceptors (Lipinski definition) is 4. The van der Waals surface area contributed by atoms with E-state index in [2.05, 4.69) is 0 Å². The van der Waals surface area contributed by atoms with Crippen LogP contribution in [0.4, 0.5) is 0 Å². The summed E-state index contributed by atoms with van der Waals surface area (Å²) >= 11 is 0. The first-order valence-corrected chi connectivity index (χ1v) is 4.39. The normalized spacial score (nSPS) is 14.7. The van der Waals surface area contributed by atoms with Gasteiger partial charge in [0, 0.05) is 12.3 Å². The summed E-state index contributed by atoms with van der Waals surface area (Å²) in [6, 6.07) is 0. The van der Waals surface area contributed by atoms with Crippen molar-refractivity contribution in [2.24, 2.45) is 5.92 Å². The average molecular weight is 218 g/mol. The van der Waals surface area contributed by atoms with E-state index in [1.165, 1.54) is 0 Å². The molecule has 0 saturated heterocycles. The molecule has 0 spiro atoms. The molecule has 0 aromatic rings. The van der Waals surface area contributed by atoms with Gasteiger partial charge in [0.15, 0.2) is 5.60 Å². The molecule has 0 fully saturated rings. The molecule has 0 aliphatic carbocycles. The maximum Gasteiger partial charge on any atom is 0.336 e. The molecule has 0 amide bonds. The van der Waals surface area contributed by atoms with Gasteiger partial charge in [0.1, 0.15) is 5.78 Å². The predicted molar refractivity (Wildman–Crippen MR) is 49.3 cm³/mol. The summed E-state index contributed by atoms with van der Waals surface area (Å²) in [6.07, 6.45) is -1.67. The molecule has 3 N–H and O–H groups in total. The van der Waals surface area contributed by atoms with Gasteiger partial charge in [-0.2, -0.15) is 0 Å². The van der Waals surface area contributed by atoms with E-state index in [0.717, 1.165) is 0 Å². The third kappa shape index (κ3) is 4.07. The zero-order valence-corrected chi connectivity index (χ0v) is 8.56. The minimum atomic E-state index is -2.51. The van der Waals surface area contributed by atoms with E-state index >= 15 is 0 Å². The third-order valence-corrected chi connectivity index (χ3v) is 1.95. The number of rotatable bonds is 6. The number of aliphatic hydroxyl groups is 1. The number of ketones is 1. The fourth-order valence-corrected chi connectivity index (χ4v) is 0.956. The summed E-state index contributed by atoms with van der Waals surface area (Å²) in [5.41, 5.74) is -2.51. The number of carboxylic acids is 2. The van der Waals surface area contributed by atoms with Crippen molar-refractivity contribution in [3.63, 3.8) is 0 Å². The second-order valence-electron chi connectivity index (χ2n) is 3.71. The lowest BCUT2D eigenvalue weighted by molar-refractivity contribution is -0.167. The van der Waals surface area contributed by atoms with Gasteiger partial charge in [0.25, 0.3) is 0 Å². The van der Waals surface area contributed by atoms with E-state index < -0.39 is 42.1 Å². The van der Waals surface area contributed by atoms with Crippen LogP contribution in [0.1, 0.15) is 26.7 Å². The van der Waals surface area contributed by atoms with Gasteiger partial charge in [-0.25, -0.2) is 4.79 Å². The molecule has 0 aromatic carbocycles. The number of hydrogen-bond donors (Lipinski definition) is 3. The van der Waals surface area contributed by atoms with Crippen molar-refractivity contribution in [3.8, 4) is 0 Å². The largest absolute Gasteiger partial charge is 0.481 e. The zero-order valence-electron chi connectivity index (χ0n) is 8.56. The highest BCUT2D eigenvalue weighted by atomic mass is 16.4. The highest BCUT2D eigenvalue weighted by molar-refractivity contribution is 5.91. The molecule has 0 rings (SSSR count). The average Bonchev–Trinajstić information content (AvgIpc) is 2.01. The van der Waals surface area contributed by atoms with Crippen molar-refractivity contribution in [3.05, 3.63) is 0 Å². The Kier molecular flexibility index (Phi) is 4.41. The number of carbonyl (C=O) groups excluding carboxylic acids is 1. The number of Topliss-reactive ketones (excluding diaryl/α,β-unsaturated/α-hetero) is 1. The SMILES string of the molecule is CC(C)C(=O)CC(O)(CC(=O)O)C(=O)O. The fourth-order valence-electron chi connectivity index (χ4n) is 0.956. The van der Waals surface area contributed by atoms with Crippen molar-refractivity contribution in [1.29, 1.82) is 0 Å². The molecule has 0 aliphatic heterocycles. The molecule has 0 bridgehead atoms. The van der Waals surface area contributed by atoms with Crippen molar-refractivity contribution >= 4 is 17.7 Å². The minimum absolute atomic E-state index is 0.440. The second-order valence-corrected chi connectivity index (χ2v) is 3.71. The molecular weight excluding hydrogens is 204 g/mol. The molecule has 0 aliphatic rings. The molecule has 0 aromatic heterocycles. The number of carboxylic acid groups (broad SMARTS) is 2. The third-order valence-electron chi connectivity index (χ3n) is 1.95. The summed E-state index contributed by atoms with van der Waals surface area (Å²) in [6.45, 7) is 3.09. The summed E-state index contributed by atoms with van der Waals surface area (Å²) in [7, 11) is 0. The maximum atomic E-state index is 11.2. The Balaban J connectivity index is 4.73. The molecule has 15 heavy (non-hydrogen) atoms. The lowest BCUT2D eigenvalue weighted by atomic mass is 9.90. The van der Waals surface area contributed by atoms with E-state index in [9.17, 15) is 19.5 Å². The maximum absolute atomic E-state index is 11.2. The van der Waals surface area contributed by atoms with Crippen LogP contribution in [0, 0.1) is 5.92 Å². The van der Waals surface area contributed by atoms with E-state index in [0.29, 0.717) is 0 Å². The van der Waals surface area contributed by atoms with Crippen molar-refractivity contribution in [2.75, 3.05) is 0 Å². The molecular formula is C9H14O6. The molecule has 6 nitrogen and oxygen atoms in total. The summed E-state index contributed by atoms with van der Waals surface area (Å²) in [5, 5.41) is 26.5. The van der Waals surface area contributed by atoms with Gasteiger partial charge in [0.2, 0.25) is 0 Å². The Hall–Kier alpha value is -1.43. The Bertz CT molecular complexity index is 282. The molecule has 86 valence electrons. The Morgan fingerprint density at radius 3 is 1.87 bits per heavy atom. The minimum Gasteiger partial charge on any atom is -0.481 e. The first-order chi connectivity index (χ1) is 6.69. The molecule has 1 atom stereocenters. The Morgan fingerprint density at radius 1 is 1.13 bits per heavy atom. The summed E-state index contributed by atoms with van der Waals surface area (Å²) in [4.78, 5) is 32.2. The smallest absolute Gasteiger partial charge is 0.336 e. The molecule has 6 heteroatoms. The van der Waals surface area contributed by atoms with Crippen molar-refractivity contribution in [1.82, 2.24) is 0 Å². The van der Waals surface area contributed by atoms with Gasteiger partial charge in [-0.1, -0.05) is 13.8 Å². The van der Waals surface area contributed by atoms with Crippen molar-refractivity contribution in [2.45, 2.75) is 32.3 Å². The Labute approximate surface area is 86.5 Å². The van der Waals surface area contributed by atoms with Crippen LogP contribution in [0.5, 0.6) is 0 Å². The monoisotopic (exact) mass is 218 g/mol. The van der Waals surface area contributed by atoms with Gasteiger partial charge in [0.05, 0.1) is 6.42 Å². The van der Waals surface area contributed by atoms with Crippen LogP contribution >= 0.6 is 0 Å². The van der Waals surface area contributed by atoms with Gasteiger partial charge in [-0.05, 0) is 0 Å². The first kappa shape index (κ1) is 13.6. The van der Waals surface area contributed by atoms with Crippen LogP contribution in [0.3, 0.4) is 0 Å². The predicted octanol–water partition coefficient (Wildman–Crippen LogP) is -0.108. The van der Waals surface area contributed by atoms with Crippen LogP contribution < -0.4 is 0 Å². The quantitative estimate of drug-likeness (QED) is 0.573. The van der Waals surface area contributed by atoms with Crippen LogP contribution in [0.2, 0.25) is 0 Å². The highest BCUT2D eigenvalue weighted by Crippen LogP contribution is 2.18. The fraction of sp³-hybridized carbons (Fsp3) is 0.667. The van der Waals surface area contributed by atoms with Gasteiger partial charge in [-0.15, -0.1) is 0 Å². The van der Waals surface area contributed by atoms with E-state index in [4.69, 9.17) is 10.2 Å². The van der Waals surface area contributed by atoms with Crippen molar-refractivity contribution < 1.29 is 29.7 Å². The lowest BCUT2D eigenvalue weighted by Crippen LogP contribution is -2.43. The topological polar surface area (TPSA) is 112 Å². The van der Waals surface area contributed by atoms with E-state index in [-0.39, 0.29) is 0 Å². The van der Waals surface area contributed by atoms with Crippen LogP contribution in [0.25, 0.3) is 0 Å². The Morgan fingerprint density at radius 2 is 1.60 bits per heavy atom. The highest BCUT2D eigenvalue weighted by Gasteiger charge is 2.40.